The number of aromatic nitrogens is 7. The molecule has 4 aromatic heterocycles. The molecule has 0 aliphatic heterocycles. The molecule has 4 heterocycles. The van der Waals surface area contributed by atoms with Crippen LogP contribution < -0.4 is 10.6 Å². The number of benzene rings is 1. The first kappa shape index (κ1) is 23.1. The lowest BCUT2D eigenvalue weighted by atomic mass is 10.2. The lowest BCUT2D eigenvalue weighted by Gasteiger charge is -2.13. The molecule has 0 aliphatic carbocycles. The Balaban J connectivity index is 1.57. The van der Waals surface area contributed by atoms with E-state index in [0.29, 0.717) is 29.6 Å². The van der Waals surface area contributed by atoms with E-state index in [1.165, 1.54) is 0 Å². The highest BCUT2D eigenvalue weighted by molar-refractivity contribution is 5.92. The van der Waals surface area contributed by atoms with Gasteiger partial charge >= 0.3 is 0 Å². The molecule has 0 atom stereocenters. The number of nitrogens with one attached hydrogen (secondary N) is 2. The van der Waals surface area contributed by atoms with Crippen molar-refractivity contribution in [1.29, 1.82) is 0 Å². The van der Waals surface area contributed by atoms with Crippen molar-refractivity contribution in [3.05, 3.63) is 77.5 Å². The Kier molecular flexibility index (Phi) is 6.13. The lowest BCUT2D eigenvalue weighted by molar-refractivity contribution is 0.0957. The molecule has 0 unspecified atom stereocenters. The number of carbonyl (C=O) groups is 1. The van der Waals surface area contributed by atoms with Gasteiger partial charge in [0, 0.05) is 25.0 Å². The van der Waals surface area contributed by atoms with Crippen molar-refractivity contribution in [2.24, 2.45) is 0 Å². The van der Waals surface area contributed by atoms with Gasteiger partial charge in [0.15, 0.2) is 17.3 Å². The third-order valence-electron chi connectivity index (χ3n) is 5.73. The number of hydrogen-bond donors (Lipinski definition) is 3. The van der Waals surface area contributed by atoms with Crippen LogP contribution in [0.2, 0.25) is 0 Å². The highest BCUT2D eigenvalue weighted by Crippen LogP contribution is 2.25. The zero-order valence-electron chi connectivity index (χ0n) is 20.1. The molecule has 5 aromatic rings. The molecule has 182 valence electrons. The van der Waals surface area contributed by atoms with Gasteiger partial charge in [0.25, 0.3) is 5.91 Å². The number of carbonyl (C=O) groups excluding carboxylic acids is 1. The van der Waals surface area contributed by atoms with Crippen LogP contribution in [0.5, 0.6) is 0 Å². The number of rotatable bonds is 7. The minimum atomic E-state index is -0.282. The van der Waals surface area contributed by atoms with Crippen LogP contribution in [0.15, 0.2) is 54.9 Å². The number of imidazole rings is 1. The maximum Gasteiger partial charge on any atom is 0.271 e. The molecule has 0 fully saturated rings. The number of aryl methyl sites for hydroxylation is 2. The summed E-state index contributed by atoms with van der Waals surface area (Å²) in [5, 5.41) is 28.2. The lowest BCUT2D eigenvalue weighted by Crippen LogP contribution is -2.19. The first-order valence-electron chi connectivity index (χ1n) is 11.4. The van der Waals surface area contributed by atoms with Gasteiger partial charge in [0.05, 0.1) is 16.7 Å². The fraction of sp³-hybridized carbons (Fsp3) is 0.200. The highest BCUT2D eigenvalue weighted by atomic mass is 16.3. The molecule has 1 aromatic carbocycles. The average Bonchev–Trinajstić information content (AvgIpc) is 3.49. The van der Waals surface area contributed by atoms with E-state index < -0.39 is 0 Å². The number of aliphatic hydroxyl groups is 1. The van der Waals surface area contributed by atoms with Crippen molar-refractivity contribution in [2.45, 2.75) is 20.3 Å². The molecular formula is C25H25N9O2. The van der Waals surface area contributed by atoms with Crippen LogP contribution in [0.25, 0.3) is 22.7 Å². The number of aliphatic hydroxyl groups excluding tert-OH is 1. The standard InChI is InChI=1S/C25H25N9O2/c1-15-4-8-22(31-30-15)28-18-6-7-19-21(13-18)33(14-27-19)23-9-5-17(10-11-35)24(29-23)34-16(2)12-20(32-34)25(36)26-3/h4-9,12-14,35H,10-11H2,1-3H3,(H,26,36)(H,28,31). The first-order valence-corrected chi connectivity index (χ1v) is 11.4. The fourth-order valence-corrected chi connectivity index (χ4v) is 3.91. The Morgan fingerprint density at radius 2 is 1.92 bits per heavy atom. The minimum Gasteiger partial charge on any atom is -0.396 e. The van der Waals surface area contributed by atoms with Crippen molar-refractivity contribution in [2.75, 3.05) is 19.0 Å². The molecule has 0 bridgehead atoms. The molecule has 0 spiro atoms. The molecule has 11 heteroatoms. The van der Waals surface area contributed by atoms with Gasteiger partial charge in [0.1, 0.15) is 12.1 Å². The van der Waals surface area contributed by atoms with E-state index in [2.05, 4.69) is 30.9 Å². The number of fused-ring (bicyclic) bond motifs is 1. The molecule has 0 aliphatic rings. The second-order valence-electron chi connectivity index (χ2n) is 8.29. The smallest absolute Gasteiger partial charge is 0.271 e. The molecule has 36 heavy (non-hydrogen) atoms. The molecule has 0 saturated carbocycles. The summed E-state index contributed by atoms with van der Waals surface area (Å²) in [6.07, 6.45) is 2.11. The van der Waals surface area contributed by atoms with E-state index in [4.69, 9.17) is 4.98 Å². The SMILES string of the molecule is CNC(=O)c1cc(C)n(-c2nc(-n3cnc4ccc(Nc5ccc(C)nn5)cc43)ccc2CCO)n1. The summed E-state index contributed by atoms with van der Waals surface area (Å²) >= 11 is 0. The van der Waals surface area contributed by atoms with Crippen LogP contribution in [0.3, 0.4) is 0 Å². The summed E-state index contributed by atoms with van der Waals surface area (Å²) in [5.41, 5.74) is 5.17. The minimum absolute atomic E-state index is 0.0401. The second-order valence-corrected chi connectivity index (χ2v) is 8.29. The van der Waals surface area contributed by atoms with Gasteiger partial charge in [-0.25, -0.2) is 14.6 Å². The molecule has 5 rings (SSSR count). The summed E-state index contributed by atoms with van der Waals surface area (Å²) in [6.45, 7) is 3.70. The molecule has 3 N–H and O–H groups in total. The van der Waals surface area contributed by atoms with E-state index in [1.54, 1.807) is 24.1 Å². The van der Waals surface area contributed by atoms with Gasteiger partial charge in [0.2, 0.25) is 0 Å². The van der Waals surface area contributed by atoms with Crippen molar-refractivity contribution in [1.82, 2.24) is 39.8 Å². The highest BCUT2D eigenvalue weighted by Gasteiger charge is 2.17. The van der Waals surface area contributed by atoms with Gasteiger partial charge in [-0.3, -0.25) is 9.36 Å². The zero-order chi connectivity index (χ0) is 25.2. The number of anilines is 2. The Labute approximate surface area is 206 Å². The van der Waals surface area contributed by atoms with E-state index in [-0.39, 0.29) is 12.5 Å². The summed E-state index contributed by atoms with van der Waals surface area (Å²) in [7, 11) is 1.56. The van der Waals surface area contributed by atoms with E-state index >= 15 is 0 Å². The van der Waals surface area contributed by atoms with Crippen LogP contribution in [0, 0.1) is 13.8 Å². The number of hydrogen-bond acceptors (Lipinski definition) is 8. The Morgan fingerprint density at radius 3 is 2.67 bits per heavy atom. The average molecular weight is 484 g/mol. The van der Waals surface area contributed by atoms with E-state index in [9.17, 15) is 9.90 Å². The zero-order valence-corrected chi connectivity index (χ0v) is 20.1. The molecule has 0 radical (unpaired) electrons. The maximum absolute atomic E-state index is 12.1. The topological polar surface area (TPSA) is 136 Å². The second kappa shape index (κ2) is 9.55. The molecular weight excluding hydrogens is 458 g/mol. The normalized spacial score (nSPS) is 11.1. The van der Waals surface area contributed by atoms with Crippen LogP contribution >= 0.6 is 0 Å². The predicted octanol–water partition coefficient (Wildman–Crippen LogP) is 2.65. The molecule has 0 saturated heterocycles. The summed E-state index contributed by atoms with van der Waals surface area (Å²) in [5.74, 6) is 1.52. The van der Waals surface area contributed by atoms with E-state index in [0.717, 1.165) is 33.7 Å². The number of amides is 1. The van der Waals surface area contributed by atoms with Gasteiger partial charge in [-0.15, -0.1) is 5.10 Å². The summed E-state index contributed by atoms with van der Waals surface area (Å²) in [4.78, 5) is 21.5. The van der Waals surface area contributed by atoms with Crippen LogP contribution in [0.1, 0.15) is 27.4 Å². The first-order chi connectivity index (χ1) is 17.5. The largest absolute Gasteiger partial charge is 0.396 e. The van der Waals surface area contributed by atoms with Crippen LogP contribution in [0.4, 0.5) is 11.5 Å². The number of nitrogens with zero attached hydrogens (tertiary/aromatic N) is 7. The van der Waals surface area contributed by atoms with E-state index in [1.807, 2.05) is 60.9 Å². The van der Waals surface area contributed by atoms with Crippen molar-refractivity contribution in [3.8, 4) is 11.6 Å². The number of pyridine rings is 1. The molecule has 11 nitrogen and oxygen atoms in total. The van der Waals surface area contributed by atoms with Crippen molar-refractivity contribution >= 4 is 28.4 Å². The molecule has 1 amide bonds. The van der Waals surface area contributed by atoms with Gasteiger partial charge in [-0.2, -0.15) is 10.2 Å². The van der Waals surface area contributed by atoms with Gasteiger partial charge < -0.3 is 15.7 Å². The predicted molar refractivity (Wildman–Crippen MR) is 135 cm³/mol. The summed E-state index contributed by atoms with van der Waals surface area (Å²) in [6, 6.07) is 15.1. The van der Waals surface area contributed by atoms with Crippen LogP contribution in [-0.2, 0) is 6.42 Å². The van der Waals surface area contributed by atoms with Crippen LogP contribution in [-0.4, -0.2) is 59.2 Å². The Hall–Kier alpha value is -4.64. The third-order valence-corrected chi connectivity index (χ3v) is 5.73. The van der Waals surface area contributed by atoms with Gasteiger partial charge in [-0.1, -0.05) is 6.07 Å². The third kappa shape index (κ3) is 4.39. The Bertz CT molecular complexity index is 1550. The monoisotopic (exact) mass is 483 g/mol. The van der Waals surface area contributed by atoms with Gasteiger partial charge in [-0.05, 0) is 68.3 Å². The fourth-order valence-electron chi connectivity index (χ4n) is 3.91. The Morgan fingerprint density at radius 1 is 1.06 bits per heavy atom. The van der Waals surface area contributed by atoms with Crippen molar-refractivity contribution in [3.63, 3.8) is 0 Å². The maximum atomic E-state index is 12.1. The quantitative estimate of drug-likeness (QED) is 0.321. The van der Waals surface area contributed by atoms with Crippen molar-refractivity contribution < 1.29 is 9.90 Å². The summed E-state index contributed by atoms with van der Waals surface area (Å²) < 4.78 is 3.51.